The molecule has 0 amide bonds. The number of benzene rings is 2. The van der Waals surface area contributed by atoms with Gasteiger partial charge in [0.15, 0.2) is 11.5 Å². The molecular weight excluding hydrogens is 426 g/mol. The minimum Gasteiger partial charge on any atom is -0.493 e. The van der Waals surface area contributed by atoms with Crippen molar-refractivity contribution < 1.29 is 14.2 Å². The van der Waals surface area contributed by atoms with E-state index < -0.39 is 0 Å². The predicted molar refractivity (Wildman–Crippen MR) is 136 cm³/mol. The van der Waals surface area contributed by atoms with Crippen LogP contribution >= 0.6 is 0 Å². The zero-order chi connectivity index (χ0) is 24.1. The standard InChI is InChI=1S/C29H29NO4/c1-5-10-21(6-2)18-34-26-17-27(31)30-16-15-24-23(28(30)20(26)3)13-14-25(29(24)32-4)33-19-22-11-8-7-9-12-22/h5-14,17H,1-2,15-16,18-19H2,3-4H3/b21-10+. The Kier molecular flexibility index (Phi) is 7.02. The van der Waals surface area contributed by atoms with Gasteiger partial charge >= 0.3 is 0 Å². The third-order valence-corrected chi connectivity index (χ3v) is 6.01. The number of hydrogen-bond donors (Lipinski definition) is 0. The third-order valence-electron chi connectivity index (χ3n) is 6.01. The van der Waals surface area contributed by atoms with E-state index in [0.717, 1.165) is 33.5 Å². The topological polar surface area (TPSA) is 49.7 Å². The lowest BCUT2D eigenvalue weighted by molar-refractivity contribution is 0.283. The van der Waals surface area contributed by atoms with Gasteiger partial charge < -0.3 is 18.8 Å². The van der Waals surface area contributed by atoms with Crippen molar-refractivity contribution in [3.63, 3.8) is 0 Å². The predicted octanol–water partition coefficient (Wildman–Crippen LogP) is 5.64. The Morgan fingerprint density at radius 2 is 1.88 bits per heavy atom. The van der Waals surface area contributed by atoms with Crippen molar-refractivity contribution in [2.45, 2.75) is 26.5 Å². The Labute approximate surface area is 200 Å². The normalized spacial score (nSPS) is 12.4. The first-order valence-corrected chi connectivity index (χ1v) is 11.3. The van der Waals surface area contributed by atoms with E-state index in [0.29, 0.717) is 43.4 Å². The molecule has 0 bridgehead atoms. The van der Waals surface area contributed by atoms with Crippen molar-refractivity contribution in [3.8, 4) is 28.5 Å². The average Bonchev–Trinajstić information content (AvgIpc) is 2.87. The number of methoxy groups -OCH3 is 1. The number of pyridine rings is 1. The van der Waals surface area contributed by atoms with Gasteiger partial charge in [-0.3, -0.25) is 4.79 Å². The van der Waals surface area contributed by atoms with Gasteiger partial charge in [-0.05, 0) is 36.6 Å². The Bertz CT molecular complexity index is 1300. The summed E-state index contributed by atoms with van der Waals surface area (Å²) in [5, 5.41) is 0. The van der Waals surface area contributed by atoms with Crippen LogP contribution in [0.2, 0.25) is 0 Å². The van der Waals surface area contributed by atoms with E-state index in [9.17, 15) is 4.79 Å². The maximum absolute atomic E-state index is 12.9. The summed E-state index contributed by atoms with van der Waals surface area (Å²) in [6.45, 7) is 10.8. The van der Waals surface area contributed by atoms with Crippen LogP contribution in [0.4, 0.5) is 0 Å². The van der Waals surface area contributed by atoms with Crippen molar-refractivity contribution in [2.75, 3.05) is 13.7 Å². The van der Waals surface area contributed by atoms with Crippen LogP contribution in [0.25, 0.3) is 11.3 Å². The summed E-state index contributed by atoms with van der Waals surface area (Å²) in [5.41, 5.74) is 5.63. The quantitative estimate of drug-likeness (QED) is 0.392. The van der Waals surface area contributed by atoms with E-state index in [1.54, 1.807) is 25.3 Å². The smallest absolute Gasteiger partial charge is 0.254 e. The van der Waals surface area contributed by atoms with E-state index in [2.05, 4.69) is 13.2 Å². The zero-order valence-electron chi connectivity index (χ0n) is 19.7. The molecule has 174 valence electrons. The maximum atomic E-state index is 12.9. The first-order valence-electron chi connectivity index (χ1n) is 11.3. The van der Waals surface area contributed by atoms with E-state index in [1.165, 1.54) is 0 Å². The largest absolute Gasteiger partial charge is 0.493 e. The van der Waals surface area contributed by atoms with Crippen molar-refractivity contribution in [1.29, 1.82) is 0 Å². The van der Waals surface area contributed by atoms with Gasteiger partial charge in [-0.2, -0.15) is 0 Å². The van der Waals surface area contributed by atoms with E-state index in [4.69, 9.17) is 14.2 Å². The maximum Gasteiger partial charge on any atom is 0.254 e. The van der Waals surface area contributed by atoms with Gasteiger partial charge in [-0.1, -0.05) is 61.7 Å². The molecule has 34 heavy (non-hydrogen) atoms. The molecule has 0 spiro atoms. The van der Waals surface area contributed by atoms with Crippen molar-refractivity contribution in [2.24, 2.45) is 0 Å². The molecule has 5 nitrogen and oxygen atoms in total. The lowest BCUT2D eigenvalue weighted by Gasteiger charge is -2.27. The van der Waals surface area contributed by atoms with Gasteiger partial charge in [0, 0.05) is 29.3 Å². The SMILES string of the molecule is C=C/C=C(\C=C)COc1cc(=O)n2c(c1C)-c1ccc(OCc3ccccc3)c(OC)c1CC2. The number of nitrogens with zero attached hydrogens (tertiary/aromatic N) is 1. The molecule has 0 saturated carbocycles. The highest BCUT2D eigenvalue weighted by atomic mass is 16.5. The summed E-state index contributed by atoms with van der Waals surface area (Å²) in [6.07, 6.45) is 5.93. The summed E-state index contributed by atoms with van der Waals surface area (Å²) >= 11 is 0. The number of allylic oxidation sites excluding steroid dienone is 2. The lowest BCUT2D eigenvalue weighted by Crippen LogP contribution is -2.27. The van der Waals surface area contributed by atoms with Crippen LogP contribution < -0.4 is 19.8 Å². The first-order chi connectivity index (χ1) is 16.6. The molecule has 5 heteroatoms. The number of hydrogen-bond acceptors (Lipinski definition) is 4. The molecule has 2 heterocycles. The summed E-state index contributed by atoms with van der Waals surface area (Å²) in [7, 11) is 1.65. The lowest BCUT2D eigenvalue weighted by atomic mass is 9.93. The van der Waals surface area contributed by atoms with Crippen LogP contribution in [0, 0.1) is 6.92 Å². The Morgan fingerprint density at radius 3 is 2.59 bits per heavy atom. The monoisotopic (exact) mass is 455 g/mol. The van der Waals surface area contributed by atoms with Crippen molar-refractivity contribution >= 4 is 0 Å². The van der Waals surface area contributed by atoms with Gasteiger partial charge in [0.1, 0.15) is 19.0 Å². The molecule has 0 fully saturated rings. The Hall–Kier alpha value is -3.99. The Morgan fingerprint density at radius 1 is 1.09 bits per heavy atom. The highest BCUT2D eigenvalue weighted by molar-refractivity contribution is 5.75. The molecule has 1 aliphatic heterocycles. The van der Waals surface area contributed by atoms with Crippen LogP contribution in [-0.2, 0) is 19.6 Å². The number of rotatable bonds is 9. The second-order valence-corrected chi connectivity index (χ2v) is 8.09. The fourth-order valence-electron chi connectivity index (χ4n) is 4.31. The van der Waals surface area contributed by atoms with Crippen LogP contribution in [0.3, 0.4) is 0 Å². The van der Waals surface area contributed by atoms with Gasteiger partial charge in [0.25, 0.3) is 5.56 Å². The number of ether oxygens (including phenoxy) is 3. The average molecular weight is 456 g/mol. The molecule has 0 aliphatic carbocycles. The molecule has 2 aromatic carbocycles. The second-order valence-electron chi connectivity index (χ2n) is 8.09. The third kappa shape index (κ3) is 4.55. The molecule has 1 aromatic heterocycles. The highest BCUT2D eigenvalue weighted by Gasteiger charge is 2.26. The zero-order valence-corrected chi connectivity index (χ0v) is 19.7. The fourth-order valence-corrected chi connectivity index (χ4v) is 4.31. The van der Waals surface area contributed by atoms with Crippen molar-refractivity contribution in [3.05, 3.63) is 113 Å². The summed E-state index contributed by atoms with van der Waals surface area (Å²) in [6, 6.07) is 15.5. The van der Waals surface area contributed by atoms with Crippen LogP contribution in [-0.4, -0.2) is 18.3 Å². The molecule has 4 rings (SSSR count). The molecule has 0 radical (unpaired) electrons. The van der Waals surface area contributed by atoms with Gasteiger partial charge in [-0.25, -0.2) is 0 Å². The molecule has 1 aliphatic rings. The Balaban J connectivity index is 1.71. The first kappa shape index (κ1) is 23.2. The summed E-state index contributed by atoms with van der Waals surface area (Å²) in [4.78, 5) is 12.9. The minimum absolute atomic E-state index is 0.0857. The molecule has 0 saturated heterocycles. The highest BCUT2D eigenvalue weighted by Crippen LogP contribution is 2.43. The van der Waals surface area contributed by atoms with Crippen LogP contribution in [0.5, 0.6) is 17.2 Å². The van der Waals surface area contributed by atoms with Gasteiger partial charge in [-0.15, -0.1) is 0 Å². The molecule has 3 aromatic rings. The van der Waals surface area contributed by atoms with Crippen LogP contribution in [0.1, 0.15) is 16.7 Å². The second kappa shape index (κ2) is 10.3. The fraction of sp³-hybridized carbons (Fsp3) is 0.207. The number of fused-ring (bicyclic) bond motifs is 3. The number of aromatic nitrogens is 1. The molecule has 0 atom stereocenters. The summed E-state index contributed by atoms with van der Waals surface area (Å²) < 4.78 is 19.7. The summed E-state index contributed by atoms with van der Waals surface area (Å²) in [5.74, 6) is 1.96. The molecular formula is C29H29NO4. The molecule has 0 N–H and O–H groups in total. The van der Waals surface area contributed by atoms with Gasteiger partial charge in [0.2, 0.25) is 0 Å². The molecule has 0 unspecified atom stereocenters. The van der Waals surface area contributed by atoms with Crippen LogP contribution in [0.15, 0.2) is 90.3 Å². The van der Waals surface area contributed by atoms with E-state index in [-0.39, 0.29) is 5.56 Å². The van der Waals surface area contributed by atoms with Gasteiger partial charge in [0.05, 0.1) is 12.8 Å². The van der Waals surface area contributed by atoms with E-state index in [1.807, 2.05) is 60.0 Å². The van der Waals surface area contributed by atoms with E-state index >= 15 is 0 Å². The minimum atomic E-state index is -0.0857. The van der Waals surface area contributed by atoms with Crippen molar-refractivity contribution in [1.82, 2.24) is 4.57 Å².